The van der Waals surface area contributed by atoms with Gasteiger partial charge < -0.3 is 19.3 Å². The lowest BCUT2D eigenvalue weighted by Gasteiger charge is -2.28. The summed E-state index contributed by atoms with van der Waals surface area (Å²) in [5.41, 5.74) is 1.22. The highest BCUT2D eigenvalue weighted by atomic mass is 79.9. The molecule has 160 valence electrons. The Morgan fingerprint density at radius 1 is 1.16 bits per heavy atom. The number of nitrogens with zero attached hydrogens (tertiary/aromatic N) is 1. The lowest BCUT2D eigenvalue weighted by Crippen LogP contribution is -3.05. The molecule has 1 aliphatic rings. The van der Waals surface area contributed by atoms with E-state index in [1.54, 1.807) is 12.1 Å². The van der Waals surface area contributed by atoms with E-state index in [9.17, 15) is 14.7 Å². The Kier molecular flexibility index (Phi) is 5.98. The molecule has 0 spiro atoms. The largest absolute Gasteiger partial charge is 0.868 e. The second-order valence-electron chi connectivity index (χ2n) is 7.99. The summed E-state index contributed by atoms with van der Waals surface area (Å²) in [6.07, 6.45) is 0.720. The van der Waals surface area contributed by atoms with Crippen LogP contribution in [0.1, 0.15) is 28.6 Å². The highest BCUT2D eigenvalue weighted by Crippen LogP contribution is 2.39. The van der Waals surface area contributed by atoms with Crippen molar-refractivity contribution in [3.63, 3.8) is 0 Å². The smallest absolute Gasteiger partial charge is 0.239 e. The third-order valence-corrected chi connectivity index (χ3v) is 5.91. The average Bonchev–Trinajstić information content (AvgIpc) is 3.28. The first-order valence-electron chi connectivity index (χ1n) is 10.2. The maximum atomic E-state index is 13.4. The van der Waals surface area contributed by atoms with E-state index in [0.29, 0.717) is 17.7 Å². The molecule has 1 N–H and O–H groups in total. The minimum absolute atomic E-state index is 0.0562. The lowest BCUT2D eigenvalue weighted by atomic mass is 9.95. The Bertz CT molecular complexity index is 1150. The van der Waals surface area contributed by atoms with Crippen LogP contribution in [0.15, 0.2) is 74.8 Å². The Morgan fingerprint density at radius 3 is 2.65 bits per heavy atom. The molecule has 0 aliphatic carbocycles. The van der Waals surface area contributed by atoms with Crippen molar-refractivity contribution in [3.8, 4) is 0 Å². The Hall–Kier alpha value is -2.90. The number of carbonyl (C=O) groups excluding carboxylic acids is 2. The number of carbonyl (C=O) groups is 2. The zero-order chi connectivity index (χ0) is 22.1. The van der Waals surface area contributed by atoms with Crippen LogP contribution in [0, 0.1) is 0 Å². The molecule has 1 unspecified atom stereocenters. The molecule has 0 saturated carbocycles. The van der Waals surface area contributed by atoms with Gasteiger partial charge in [0.1, 0.15) is 5.58 Å². The summed E-state index contributed by atoms with van der Waals surface area (Å²) in [5, 5.41) is 13.8. The topological polar surface area (TPSA) is 78.0 Å². The number of rotatable bonds is 7. The van der Waals surface area contributed by atoms with Crippen LogP contribution in [-0.4, -0.2) is 43.8 Å². The van der Waals surface area contributed by atoms with E-state index in [4.69, 9.17) is 4.42 Å². The van der Waals surface area contributed by atoms with Crippen molar-refractivity contribution >= 4 is 38.6 Å². The van der Waals surface area contributed by atoms with Crippen molar-refractivity contribution in [2.24, 2.45) is 0 Å². The summed E-state index contributed by atoms with van der Waals surface area (Å²) in [4.78, 5) is 29.1. The molecular formula is C24H23BrN2O4. The maximum absolute atomic E-state index is 13.4. The van der Waals surface area contributed by atoms with Gasteiger partial charge in [-0.3, -0.25) is 9.59 Å². The molecule has 1 aliphatic heterocycles. The third-order valence-electron chi connectivity index (χ3n) is 5.42. The molecule has 1 atom stereocenters. The molecule has 0 bridgehead atoms. The summed E-state index contributed by atoms with van der Waals surface area (Å²) in [6, 6.07) is 15.5. The van der Waals surface area contributed by atoms with Gasteiger partial charge in [-0.15, -0.1) is 0 Å². The van der Waals surface area contributed by atoms with E-state index in [0.717, 1.165) is 22.8 Å². The van der Waals surface area contributed by atoms with Crippen LogP contribution in [0.3, 0.4) is 0 Å². The highest BCUT2D eigenvalue weighted by molar-refractivity contribution is 9.10. The predicted octanol–water partition coefficient (Wildman–Crippen LogP) is 2.11. The number of ketones is 1. The molecule has 0 fully saturated rings. The summed E-state index contributed by atoms with van der Waals surface area (Å²) in [5.74, 6) is -1.87. The van der Waals surface area contributed by atoms with Crippen molar-refractivity contribution in [1.82, 2.24) is 4.90 Å². The van der Waals surface area contributed by atoms with Crippen LogP contribution < -0.4 is 10.0 Å². The summed E-state index contributed by atoms with van der Waals surface area (Å²) in [7, 11) is 4.07. The van der Waals surface area contributed by atoms with Crippen molar-refractivity contribution in [2.45, 2.75) is 12.5 Å². The Labute approximate surface area is 188 Å². The normalized spacial score (nSPS) is 16.7. The molecule has 0 saturated heterocycles. The van der Waals surface area contributed by atoms with E-state index in [1.165, 1.54) is 9.80 Å². The number of halogens is 1. The van der Waals surface area contributed by atoms with E-state index in [1.807, 2.05) is 56.6 Å². The fourth-order valence-corrected chi connectivity index (χ4v) is 4.37. The van der Waals surface area contributed by atoms with E-state index in [-0.39, 0.29) is 11.3 Å². The number of hydrogen-bond donors (Lipinski definition) is 1. The number of amides is 1. The Morgan fingerprint density at radius 2 is 1.94 bits per heavy atom. The predicted molar refractivity (Wildman–Crippen MR) is 118 cm³/mol. The molecule has 0 radical (unpaired) electrons. The minimum atomic E-state index is -0.757. The van der Waals surface area contributed by atoms with Gasteiger partial charge in [-0.25, -0.2) is 0 Å². The first-order chi connectivity index (χ1) is 14.9. The van der Waals surface area contributed by atoms with Crippen molar-refractivity contribution in [1.29, 1.82) is 0 Å². The van der Waals surface area contributed by atoms with Crippen LogP contribution in [0.4, 0.5) is 0 Å². The first kappa shape index (κ1) is 21.3. The van der Waals surface area contributed by atoms with Crippen LogP contribution in [0.5, 0.6) is 0 Å². The molecular weight excluding hydrogens is 460 g/mol. The Balaban J connectivity index is 1.75. The zero-order valence-electron chi connectivity index (χ0n) is 17.4. The van der Waals surface area contributed by atoms with Gasteiger partial charge in [0.05, 0.1) is 26.7 Å². The van der Waals surface area contributed by atoms with Gasteiger partial charge in [0.25, 0.3) is 0 Å². The van der Waals surface area contributed by atoms with E-state index in [2.05, 4.69) is 15.9 Å². The number of hydrogen-bond acceptors (Lipinski definition) is 4. The monoisotopic (exact) mass is 482 g/mol. The van der Waals surface area contributed by atoms with E-state index >= 15 is 0 Å². The quantitative estimate of drug-likeness (QED) is 0.523. The van der Waals surface area contributed by atoms with E-state index < -0.39 is 23.5 Å². The molecule has 1 amide bonds. The van der Waals surface area contributed by atoms with Crippen molar-refractivity contribution in [2.75, 3.05) is 27.2 Å². The molecule has 3 aromatic rings. The molecule has 2 heterocycles. The zero-order valence-corrected chi connectivity index (χ0v) is 18.9. The lowest BCUT2D eigenvalue weighted by molar-refractivity contribution is -0.858. The van der Waals surface area contributed by atoms with Crippen LogP contribution in [0.2, 0.25) is 0 Å². The second-order valence-corrected chi connectivity index (χ2v) is 8.90. The molecule has 6 nitrogen and oxygen atoms in total. The molecule has 4 rings (SSSR count). The summed E-state index contributed by atoms with van der Waals surface area (Å²) < 4.78 is 6.53. The third kappa shape index (κ3) is 4.16. The van der Waals surface area contributed by atoms with Gasteiger partial charge in [0.2, 0.25) is 11.7 Å². The maximum Gasteiger partial charge on any atom is 0.239 e. The number of benzene rings is 2. The molecule has 2 aromatic carbocycles. The number of furan rings is 1. The fraction of sp³-hybridized carbons (Fsp3) is 0.250. The van der Waals surface area contributed by atoms with Gasteiger partial charge in [-0.05, 0) is 35.6 Å². The number of quaternary nitrogens is 1. The number of para-hydroxylation sites is 1. The number of Topliss-reactive ketones (excluding diaryl/α,β-unsaturated/α-hetero) is 1. The van der Waals surface area contributed by atoms with Gasteiger partial charge in [0.15, 0.2) is 5.76 Å². The summed E-state index contributed by atoms with van der Waals surface area (Å²) >= 11 is 3.45. The van der Waals surface area contributed by atoms with Crippen LogP contribution >= 0.6 is 15.9 Å². The highest BCUT2D eigenvalue weighted by Gasteiger charge is 2.40. The van der Waals surface area contributed by atoms with Gasteiger partial charge >= 0.3 is 0 Å². The fourth-order valence-electron chi connectivity index (χ4n) is 3.95. The minimum Gasteiger partial charge on any atom is -0.868 e. The van der Waals surface area contributed by atoms with Crippen molar-refractivity contribution < 1.29 is 24.0 Å². The summed E-state index contributed by atoms with van der Waals surface area (Å²) in [6.45, 7) is 1.24. The van der Waals surface area contributed by atoms with Gasteiger partial charge in [-0.1, -0.05) is 46.3 Å². The van der Waals surface area contributed by atoms with Crippen molar-refractivity contribution in [3.05, 3.63) is 81.7 Å². The SMILES string of the molecule is C[NH+](C)CCCN1C(=O)C([O-])=C(C(=O)c2cc3ccccc3o2)C1c1cccc(Br)c1. The molecule has 31 heavy (non-hydrogen) atoms. The standard InChI is InChI=1S/C24H23BrN2O4/c1-26(2)11-6-12-27-21(16-8-5-9-17(25)13-16)20(23(29)24(27)30)22(28)19-14-15-7-3-4-10-18(15)31-19/h3-5,7-10,13-14,21,29H,6,11-12H2,1-2H3. The first-order valence-corrected chi connectivity index (χ1v) is 11.0. The average molecular weight is 483 g/mol. The van der Waals surface area contributed by atoms with Gasteiger partial charge in [0, 0.05) is 28.4 Å². The van der Waals surface area contributed by atoms with Crippen LogP contribution in [0.25, 0.3) is 11.0 Å². The second kappa shape index (κ2) is 8.69. The molecule has 7 heteroatoms. The number of nitrogens with one attached hydrogen (secondary N) is 1. The van der Waals surface area contributed by atoms with Crippen LogP contribution in [-0.2, 0) is 4.79 Å². The van der Waals surface area contributed by atoms with Gasteiger partial charge in [-0.2, -0.15) is 0 Å². The number of fused-ring (bicyclic) bond motifs is 1. The molecule has 1 aromatic heterocycles.